The summed E-state index contributed by atoms with van der Waals surface area (Å²) < 4.78 is 38.6. The number of fused-ring (bicyclic) bond motifs is 1. The third-order valence-electron chi connectivity index (χ3n) is 4.24. The fourth-order valence-corrected chi connectivity index (χ4v) is 4.79. The summed E-state index contributed by atoms with van der Waals surface area (Å²) in [7, 11) is -3.66. The lowest BCUT2D eigenvalue weighted by atomic mass is 10.2. The predicted molar refractivity (Wildman–Crippen MR) is 84.4 cm³/mol. The van der Waals surface area contributed by atoms with E-state index >= 15 is 0 Å². The number of aryl methyl sites for hydroxylation is 1. The average Bonchev–Trinajstić information content (AvgIpc) is 3.23. The summed E-state index contributed by atoms with van der Waals surface area (Å²) in [6, 6.07) is 4.39. The number of ether oxygens (including phenoxy) is 2. The second kappa shape index (κ2) is 5.75. The number of nitrogens with one attached hydrogen (secondary N) is 1. The van der Waals surface area contributed by atoms with Gasteiger partial charge in [-0.1, -0.05) is 0 Å². The van der Waals surface area contributed by atoms with Crippen molar-refractivity contribution in [2.45, 2.75) is 30.7 Å². The lowest BCUT2D eigenvalue weighted by molar-refractivity contribution is 0.171. The van der Waals surface area contributed by atoms with Gasteiger partial charge in [-0.3, -0.25) is 5.10 Å². The average molecular weight is 350 g/mol. The maximum atomic E-state index is 13.1. The Balaban J connectivity index is 1.69. The molecular weight excluding hydrogens is 332 g/mol. The van der Waals surface area contributed by atoms with Crippen molar-refractivity contribution in [1.82, 2.24) is 19.5 Å². The van der Waals surface area contributed by atoms with Crippen molar-refractivity contribution in [3.05, 3.63) is 29.8 Å². The van der Waals surface area contributed by atoms with Crippen LogP contribution in [0.5, 0.6) is 11.5 Å². The van der Waals surface area contributed by atoms with Gasteiger partial charge in [0.1, 0.15) is 19.0 Å². The maximum Gasteiger partial charge on any atom is 0.243 e. The zero-order chi connectivity index (χ0) is 16.7. The van der Waals surface area contributed by atoms with Crippen molar-refractivity contribution in [2.24, 2.45) is 0 Å². The van der Waals surface area contributed by atoms with Gasteiger partial charge < -0.3 is 9.47 Å². The molecular formula is C15H18N4O4S. The largest absolute Gasteiger partial charge is 0.486 e. The first kappa shape index (κ1) is 15.4. The van der Waals surface area contributed by atoms with E-state index in [1.54, 1.807) is 19.1 Å². The Hall–Kier alpha value is -2.13. The Kier molecular flexibility index (Phi) is 3.69. The first-order chi connectivity index (χ1) is 11.6. The summed E-state index contributed by atoms with van der Waals surface area (Å²) in [6.07, 6.45) is 1.49. The summed E-state index contributed by atoms with van der Waals surface area (Å²) >= 11 is 0. The first-order valence-corrected chi connectivity index (χ1v) is 9.30. The molecule has 0 amide bonds. The minimum Gasteiger partial charge on any atom is -0.486 e. The maximum absolute atomic E-state index is 13.1. The molecule has 0 saturated carbocycles. The molecule has 24 heavy (non-hydrogen) atoms. The van der Waals surface area contributed by atoms with Gasteiger partial charge in [-0.25, -0.2) is 13.4 Å². The molecule has 1 N–H and O–H groups in total. The van der Waals surface area contributed by atoms with E-state index < -0.39 is 10.0 Å². The highest BCUT2D eigenvalue weighted by Gasteiger charge is 2.38. The molecule has 1 aromatic heterocycles. The smallest absolute Gasteiger partial charge is 0.243 e. The number of rotatable bonds is 3. The summed E-state index contributed by atoms with van der Waals surface area (Å²) in [6.45, 7) is 3.14. The molecule has 8 nitrogen and oxygen atoms in total. The number of sulfonamides is 1. The Morgan fingerprint density at radius 1 is 1.25 bits per heavy atom. The van der Waals surface area contributed by atoms with E-state index in [1.807, 2.05) is 0 Å². The number of aromatic nitrogens is 3. The lowest BCUT2D eigenvalue weighted by Gasteiger charge is -2.23. The van der Waals surface area contributed by atoms with Gasteiger partial charge in [0, 0.05) is 12.6 Å². The molecule has 1 aromatic carbocycles. The van der Waals surface area contributed by atoms with Crippen molar-refractivity contribution < 1.29 is 17.9 Å². The number of benzene rings is 1. The first-order valence-electron chi connectivity index (χ1n) is 7.86. The van der Waals surface area contributed by atoms with Crippen molar-refractivity contribution >= 4 is 10.0 Å². The molecule has 2 aromatic rings. The van der Waals surface area contributed by atoms with Gasteiger partial charge in [-0.05, 0) is 31.9 Å². The van der Waals surface area contributed by atoms with Gasteiger partial charge in [0.15, 0.2) is 17.3 Å². The number of hydrogen-bond acceptors (Lipinski definition) is 6. The van der Waals surface area contributed by atoms with E-state index in [0.29, 0.717) is 49.3 Å². The lowest BCUT2D eigenvalue weighted by Crippen LogP contribution is -2.31. The molecule has 2 aliphatic heterocycles. The van der Waals surface area contributed by atoms with Crippen LogP contribution in [0, 0.1) is 6.92 Å². The van der Waals surface area contributed by atoms with Crippen LogP contribution in [-0.4, -0.2) is 47.7 Å². The minimum absolute atomic E-state index is 0.200. The normalized spacial score (nSPS) is 21.1. The molecule has 0 aliphatic carbocycles. The minimum atomic E-state index is -3.66. The molecule has 9 heteroatoms. The van der Waals surface area contributed by atoms with E-state index in [9.17, 15) is 8.42 Å². The van der Waals surface area contributed by atoms with Gasteiger partial charge in [-0.15, -0.1) is 0 Å². The van der Waals surface area contributed by atoms with Crippen LogP contribution in [-0.2, 0) is 10.0 Å². The number of hydrogen-bond donors (Lipinski definition) is 1. The Morgan fingerprint density at radius 3 is 2.79 bits per heavy atom. The van der Waals surface area contributed by atoms with Crippen LogP contribution in [0.4, 0.5) is 0 Å². The topological polar surface area (TPSA) is 97.4 Å². The van der Waals surface area contributed by atoms with Crippen LogP contribution < -0.4 is 9.47 Å². The molecule has 1 saturated heterocycles. The van der Waals surface area contributed by atoms with Crippen molar-refractivity contribution in [1.29, 1.82) is 0 Å². The second-order valence-corrected chi connectivity index (χ2v) is 7.75. The molecule has 1 atom stereocenters. The molecule has 0 unspecified atom stereocenters. The van der Waals surface area contributed by atoms with Gasteiger partial charge in [0.25, 0.3) is 0 Å². The zero-order valence-electron chi connectivity index (χ0n) is 13.2. The molecule has 2 aliphatic rings. The van der Waals surface area contributed by atoms with Crippen LogP contribution in [0.15, 0.2) is 23.1 Å². The molecule has 0 bridgehead atoms. The van der Waals surface area contributed by atoms with Crippen molar-refractivity contribution in [2.75, 3.05) is 19.8 Å². The quantitative estimate of drug-likeness (QED) is 0.899. The zero-order valence-corrected chi connectivity index (χ0v) is 14.0. The highest BCUT2D eigenvalue weighted by molar-refractivity contribution is 7.89. The number of aromatic amines is 1. The summed E-state index contributed by atoms with van der Waals surface area (Å²) in [5.74, 6) is 2.23. The second-order valence-electron chi connectivity index (χ2n) is 5.86. The summed E-state index contributed by atoms with van der Waals surface area (Å²) in [5, 5.41) is 6.92. The Labute approximate surface area is 139 Å². The van der Waals surface area contributed by atoms with E-state index in [1.165, 1.54) is 10.4 Å². The van der Waals surface area contributed by atoms with E-state index in [-0.39, 0.29) is 10.9 Å². The van der Waals surface area contributed by atoms with Crippen molar-refractivity contribution in [3.63, 3.8) is 0 Å². The van der Waals surface area contributed by atoms with Crippen LogP contribution in [0.2, 0.25) is 0 Å². The Bertz CT molecular complexity index is 864. The molecule has 3 heterocycles. The van der Waals surface area contributed by atoms with Crippen LogP contribution in [0.25, 0.3) is 0 Å². The molecule has 4 rings (SSSR count). The van der Waals surface area contributed by atoms with Crippen molar-refractivity contribution in [3.8, 4) is 11.5 Å². The number of nitrogens with zero attached hydrogens (tertiary/aromatic N) is 3. The predicted octanol–water partition coefficient (Wildman–Crippen LogP) is 1.41. The third kappa shape index (κ3) is 2.53. The van der Waals surface area contributed by atoms with E-state index in [2.05, 4.69) is 15.2 Å². The molecule has 0 spiro atoms. The van der Waals surface area contributed by atoms with Gasteiger partial charge in [0.2, 0.25) is 10.0 Å². The van der Waals surface area contributed by atoms with Gasteiger partial charge in [0.05, 0.1) is 10.9 Å². The summed E-state index contributed by atoms with van der Waals surface area (Å²) in [4.78, 5) is 4.50. The SMILES string of the molecule is Cc1nc([C@@H]2CCCN2S(=O)(=O)c2ccc3c(c2)OCCO3)n[nH]1. The van der Waals surface area contributed by atoms with Gasteiger partial charge >= 0.3 is 0 Å². The number of H-pyrrole nitrogens is 1. The molecule has 0 radical (unpaired) electrons. The fourth-order valence-electron chi connectivity index (χ4n) is 3.11. The van der Waals surface area contributed by atoms with Crippen LogP contribution in [0.1, 0.15) is 30.5 Å². The highest BCUT2D eigenvalue weighted by Crippen LogP contribution is 2.38. The molecule has 1 fully saturated rings. The van der Waals surface area contributed by atoms with Crippen LogP contribution >= 0.6 is 0 Å². The summed E-state index contributed by atoms with van der Waals surface area (Å²) in [5.41, 5.74) is 0. The van der Waals surface area contributed by atoms with Gasteiger partial charge in [-0.2, -0.15) is 9.40 Å². The molecule has 128 valence electrons. The van der Waals surface area contributed by atoms with Crippen LogP contribution in [0.3, 0.4) is 0 Å². The third-order valence-corrected chi connectivity index (χ3v) is 6.14. The highest BCUT2D eigenvalue weighted by atomic mass is 32.2. The van der Waals surface area contributed by atoms with E-state index in [0.717, 1.165) is 6.42 Å². The fraction of sp³-hybridized carbons (Fsp3) is 0.467. The van der Waals surface area contributed by atoms with E-state index in [4.69, 9.17) is 9.47 Å². The monoisotopic (exact) mass is 350 g/mol. The standard InChI is InChI=1S/C15H18N4O4S/c1-10-16-15(18-17-10)12-3-2-6-19(12)24(20,21)11-4-5-13-14(9-11)23-8-7-22-13/h4-5,9,12H,2-3,6-8H2,1H3,(H,16,17,18)/t12-/m0/s1. The Morgan fingerprint density at radius 2 is 2.04 bits per heavy atom.